The second kappa shape index (κ2) is 3.69. The van der Waals surface area contributed by atoms with E-state index in [0.717, 1.165) is 47.4 Å². The van der Waals surface area contributed by atoms with Crippen LogP contribution in [0.3, 0.4) is 0 Å². The van der Waals surface area contributed by atoms with Crippen molar-refractivity contribution in [3.63, 3.8) is 0 Å². The molecular weight excluding hydrogens is 214 g/mol. The van der Waals surface area contributed by atoms with Crippen LogP contribution in [0.2, 0.25) is 0 Å². The minimum absolute atomic E-state index is 0.206. The fourth-order valence-electron chi connectivity index (χ4n) is 2.32. The molecule has 3 heteroatoms. The lowest BCUT2D eigenvalue weighted by Gasteiger charge is -2.03. The number of aromatic nitrogens is 1. The summed E-state index contributed by atoms with van der Waals surface area (Å²) in [5.41, 5.74) is 3.33. The molecule has 2 aliphatic carbocycles. The molecule has 0 radical (unpaired) electrons. The highest BCUT2D eigenvalue weighted by Crippen LogP contribution is 2.46. The lowest BCUT2D eigenvalue weighted by atomic mass is 9.97. The molecule has 2 aliphatic rings. The highest BCUT2D eigenvalue weighted by Gasteiger charge is 2.35. The average molecular weight is 229 g/mol. The number of carbonyl (C=O) groups excluding carboxylic acids is 1. The third kappa shape index (κ3) is 1.66. The third-order valence-corrected chi connectivity index (χ3v) is 3.36. The fourth-order valence-corrected chi connectivity index (χ4v) is 2.32. The molecule has 0 bridgehead atoms. The van der Waals surface area contributed by atoms with Gasteiger partial charge in [-0.3, -0.25) is 4.79 Å². The van der Waals surface area contributed by atoms with Gasteiger partial charge in [0.25, 0.3) is 0 Å². The Hall–Kier alpha value is -1.64. The van der Waals surface area contributed by atoms with Crippen molar-refractivity contribution in [1.29, 1.82) is 0 Å². The minimum atomic E-state index is 0.206. The van der Waals surface area contributed by atoms with Crippen LogP contribution in [0.25, 0.3) is 11.1 Å². The Morgan fingerprint density at radius 2 is 2.29 bits per heavy atom. The van der Waals surface area contributed by atoms with Crippen molar-refractivity contribution in [1.82, 2.24) is 5.16 Å². The molecule has 1 aromatic rings. The van der Waals surface area contributed by atoms with Gasteiger partial charge in [0.1, 0.15) is 11.5 Å². The van der Waals surface area contributed by atoms with Crippen LogP contribution >= 0.6 is 0 Å². The molecule has 0 aliphatic heterocycles. The normalized spacial score (nSPS) is 19.6. The fraction of sp³-hybridized carbons (Fsp3) is 0.429. The molecule has 88 valence electrons. The van der Waals surface area contributed by atoms with E-state index in [1.54, 1.807) is 0 Å². The van der Waals surface area contributed by atoms with Crippen molar-refractivity contribution in [2.45, 2.75) is 38.5 Å². The van der Waals surface area contributed by atoms with Crippen molar-refractivity contribution in [3.05, 3.63) is 29.7 Å². The highest BCUT2D eigenvalue weighted by molar-refractivity contribution is 6.23. The van der Waals surface area contributed by atoms with Crippen LogP contribution in [-0.4, -0.2) is 10.9 Å². The lowest BCUT2D eigenvalue weighted by Crippen LogP contribution is -1.99. The number of Topliss-reactive ketones (excluding diaryl/α,β-unsaturated/α-hetero) is 1. The molecule has 3 nitrogen and oxygen atoms in total. The summed E-state index contributed by atoms with van der Waals surface area (Å²) in [4.78, 5) is 11.9. The number of rotatable bonds is 3. The first-order valence-corrected chi connectivity index (χ1v) is 6.07. The van der Waals surface area contributed by atoms with E-state index in [2.05, 4.69) is 11.7 Å². The molecule has 1 fully saturated rings. The van der Waals surface area contributed by atoms with Gasteiger partial charge in [0.15, 0.2) is 5.78 Å². The zero-order valence-electron chi connectivity index (χ0n) is 9.95. The number of nitrogens with zero attached hydrogens (tertiary/aromatic N) is 1. The Bertz CT molecular complexity index is 532. The SMILES string of the molecule is C=C(C)c1noc(C2CC2)c1C1=CCCC1=O. The molecular formula is C14H15NO2. The van der Waals surface area contributed by atoms with Crippen LogP contribution in [0.5, 0.6) is 0 Å². The molecule has 17 heavy (non-hydrogen) atoms. The smallest absolute Gasteiger partial charge is 0.163 e. The second-order valence-corrected chi connectivity index (χ2v) is 4.90. The number of carbonyl (C=O) groups is 1. The van der Waals surface area contributed by atoms with Gasteiger partial charge in [-0.25, -0.2) is 0 Å². The van der Waals surface area contributed by atoms with Crippen molar-refractivity contribution >= 4 is 16.9 Å². The van der Waals surface area contributed by atoms with Gasteiger partial charge in [0, 0.05) is 17.9 Å². The van der Waals surface area contributed by atoms with Crippen LogP contribution in [0.15, 0.2) is 17.2 Å². The molecule has 0 saturated heterocycles. The van der Waals surface area contributed by atoms with E-state index < -0.39 is 0 Å². The van der Waals surface area contributed by atoms with Crippen LogP contribution in [0, 0.1) is 0 Å². The summed E-state index contributed by atoms with van der Waals surface area (Å²) < 4.78 is 5.44. The van der Waals surface area contributed by atoms with Gasteiger partial charge in [0.2, 0.25) is 0 Å². The summed E-state index contributed by atoms with van der Waals surface area (Å²) in [5, 5.41) is 4.09. The van der Waals surface area contributed by atoms with Crippen LogP contribution in [0.1, 0.15) is 55.5 Å². The molecule has 0 amide bonds. The van der Waals surface area contributed by atoms with E-state index >= 15 is 0 Å². The van der Waals surface area contributed by atoms with Crippen molar-refractivity contribution < 1.29 is 9.32 Å². The van der Waals surface area contributed by atoms with Crippen LogP contribution in [-0.2, 0) is 4.79 Å². The molecule has 1 saturated carbocycles. The molecule has 0 unspecified atom stereocenters. The predicted octanol–water partition coefficient (Wildman–Crippen LogP) is 3.33. The number of hydrogen-bond acceptors (Lipinski definition) is 3. The van der Waals surface area contributed by atoms with E-state index in [0.29, 0.717) is 12.3 Å². The van der Waals surface area contributed by atoms with Gasteiger partial charge in [-0.05, 0) is 31.8 Å². The predicted molar refractivity (Wildman–Crippen MR) is 65.4 cm³/mol. The molecule has 0 spiro atoms. The standard InChI is InChI=1S/C14H15NO2/c1-8(2)13-12(10-4-3-5-11(10)16)14(17-15-13)9-6-7-9/h4,9H,1,3,5-7H2,2H3. The summed E-state index contributed by atoms with van der Waals surface area (Å²) in [6.45, 7) is 5.82. The summed E-state index contributed by atoms with van der Waals surface area (Å²) in [6.07, 6.45) is 5.73. The molecule has 0 atom stereocenters. The molecule has 0 aromatic carbocycles. The second-order valence-electron chi connectivity index (χ2n) is 4.90. The van der Waals surface area contributed by atoms with Crippen LogP contribution in [0.4, 0.5) is 0 Å². The first kappa shape index (κ1) is 10.5. The highest BCUT2D eigenvalue weighted by atomic mass is 16.5. The van der Waals surface area contributed by atoms with Crippen molar-refractivity contribution in [3.8, 4) is 0 Å². The third-order valence-electron chi connectivity index (χ3n) is 3.36. The van der Waals surface area contributed by atoms with Gasteiger partial charge in [-0.1, -0.05) is 17.8 Å². The van der Waals surface area contributed by atoms with Crippen molar-refractivity contribution in [2.75, 3.05) is 0 Å². The van der Waals surface area contributed by atoms with E-state index in [4.69, 9.17) is 4.52 Å². The van der Waals surface area contributed by atoms with Crippen LogP contribution < -0.4 is 0 Å². The molecule has 1 heterocycles. The first-order chi connectivity index (χ1) is 8.18. The largest absolute Gasteiger partial charge is 0.360 e. The minimum Gasteiger partial charge on any atom is -0.360 e. The maximum Gasteiger partial charge on any atom is 0.163 e. The quantitative estimate of drug-likeness (QED) is 0.798. The van der Waals surface area contributed by atoms with Gasteiger partial charge >= 0.3 is 0 Å². The van der Waals surface area contributed by atoms with E-state index in [-0.39, 0.29) is 5.78 Å². The zero-order valence-corrected chi connectivity index (χ0v) is 9.95. The average Bonchev–Trinajstić information content (AvgIpc) is 2.89. The van der Waals surface area contributed by atoms with Gasteiger partial charge in [0.05, 0.1) is 5.56 Å². The van der Waals surface area contributed by atoms with E-state index in [1.165, 1.54) is 0 Å². The Labute approximate surface area is 100 Å². The molecule has 0 N–H and O–H groups in total. The maximum atomic E-state index is 11.9. The summed E-state index contributed by atoms with van der Waals surface area (Å²) in [6, 6.07) is 0. The number of ketones is 1. The van der Waals surface area contributed by atoms with Gasteiger partial charge in [-0.2, -0.15) is 0 Å². The molecule has 1 aromatic heterocycles. The Morgan fingerprint density at radius 3 is 2.82 bits per heavy atom. The monoisotopic (exact) mass is 229 g/mol. The van der Waals surface area contributed by atoms with Crippen molar-refractivity contribution in [2.24, 2.45) is 0 Å². The van der Waals surface area contributed by atoms with E-state index in [9.17, 15) is 4.79 Å². The van der Waals surface area contributed by atoms with E-state index in [1.807, 2.05) is 13.0 Å². The Kier molecular flexibility index (Phi) is 2.28. The zero-order chi connectivity index (χ0) is 12.0. The Morgan fingerprint density at radius 1 is 1.53 bits per heavy atom. The summed E-state index contributed by atoms with van der Waals surface area (Å²) in [5.74, 6) is 1.56. The topological polar surface area (TPSA) is 43.1 Å². The van der Waals surface area contributed by atoms with Gasteiger partial charge in [-0.15, -0.1) is 0 Å². The summed E-state index contributed by atoms with van der Waals surface area (Å²) >= 11 is 0. The molecule has 3 rings (SSSR count). The lowest BCUT2D eigenvalue weighted by molar-refractivity contribution is -0.113. The number of hydrogen-bond donors (Lipinski definition) is 0. The first-order valence-electron chi connectivity index (χ1n) is 6.07. The number of allylic oxidation sites excluding steroid dienone is 3. The Balaban J connectivity index is 2.14. The maximum absolute atomic E-state index is 11.9. The van der Waals surface area contributed by atoms with Gasteiger partial charge < -0.3 is 4.52 Å². The summed E-state index contributed by atoms with van der Waals surface area (Å²) in [7, 11) is 0.